The number of nitrogens with zero attached hydrogens (tertiary/aromatic N) is 3. The number of nitrogens with one attached hydrogen (secondary N) is 2. The van der Waals surface area contributed by atoms with Gasteiger partial charge in [-0.1, -0.05) is 51.1 Å². The molecule has 1 unspecified atom stereocenters. The summed E-state index contributed by atoms with van der Waals surface area (Å²) in [4.78, 5) is 8.73. The van der Waals surface area contributed by atoms with Gasteiger partial charge in [0.05, 0.1) is 19.8 Å². The highest BCUT2D eigenvalue weighted by atomic mass is 127. The number of imidazole rings is 1. The number of halogens is 1. The van der Waals surface area contributed by atoms with Gasteiger partial charge in [-0.05, 0) is 17.4 Å². The van der Waals surface area contributed by atoms with Gasteiger partial charge in [-0.2, -0.15) is 0 Å². The first-order chi connectivity index (χ1) is 13.1. The fourth-order valence-corrected chi connectivity index (χ4v) is 2.73. The van der Waals surface area contributed by atoms with Gasteiger partial charge in [0.25, 0.3) is 0 Å². The summed E-state index contributed by atoms with van der Waals surface area (Å²) in [7, 11) is 1.78. The van der Waals surface area contributed by atoms with Crippen molar-refractivity contribution in [3.05, 3.63) is 54.1 Å². The van der Waals surface area contributed by atoms with E-state index in [9.17, 15) is 0 Å². The molecule has 156 valence electrons. The van der Waals surface area contributed by atoms with E-state index in [0.29, 0.717) is 31.6 Å². The highest BCUT2D eigenvalue weighted by Crippen LogP contribution is 2.04. The SMILES string of the molecule is CN=C(NCc1nccn1CC(C)C)NCC(C)COCc1ccccc1.I. The molecule has 0 saturated carbocycles. The zero-order valence-electron chi connectivity index (χ0n) is 17.4. The molecule has 1 aromatic heterocycles. The van der Waals surface area contributed by atoms with E-state index in [1.807, 2.05) is 30.6 Å². The Morgan fingerprint density at radius 3 is 2.61 bits per heavy atom. The highest BCUT2D eigenvalue weighted by molar-refractivity contribution is 14.0. The Labute approximate surface area is 186 Å². The van der Waals surface area contributed by atoms with Gasteiger partial charge in [0, 0.05) is 32.5 Å². The molecule has 0 amide bonds. The largest absolute Gasteiger partial charge is 0.376 e. The predicted octanol–water partition coefficient (Wildman–Crippen LogP) is 3.68. The first-order valence-electron chi connectivity index (χ1n) is 9.64. The van der Waals surface area contributed by atoms with Crippen LogP contribution in [0.25, 0.3) is 0 Å². The molecule has 0 radical (unpaired) electrons. The maximum Gasteiger partial charge on any atom is 0.191 e. The van der Waals surface area contributed by atoms with Gasteiger partial charge in [-0.3, -0.25) is 4.99 Å². The highest BCUT2D eigenvalue weighted by Gasteiger charge is 2.08. The van der Waals surface area contributed by atoms with Crippen LogP contribution in [0.3, 0.4) is 0 Å². The zero-order valence-corrected chi connectivity index (χ0v) is 19.7. The minimum Gasteiger partial charge on any atom is -0.376 e. The Morgan fingerprint density at radius 2 is 1.93 bits per heavy atom. The Morgan fingerprint density at radius 1 is 1.18 bits per heavy atom. The molecule has 2 rings (SSSR count). The van der Waals surface area contributed by atoms with Crippen LogP contribution in [0.1, 0.15) is 32.2 Å². The predicted molar refractivity (Wildman–Crippen MR) is 126 cm³/mol. The lowest BCUT2D eigenvalue weighted by molar-refractivity contribution is 0.0931. The van der Waals surface area contributed by atoms with Crippen molar-refractivity contribution in [2.45, 2.75) is 40.5 Å². The molecular formula is C21H34IN5O. The fourth-order valence-electron chi connectivity index (χ4n) is 2.73. The minimum atomic E-state index is 0. The molecule has 0 fully saturated rings. The summed E-state index contributed by atoms with van der Waals surface area (Å²) in [5.74, 6) is 2.78. The van der Waals surface area contributed by atoms with Crippen LogP contribution in [-0.4, -0.2) is 35.7 Å². The number of hydrogen-bond donors (Lipinski definition) is 2. The fraction of sp³-hybridized carbons (Fsp3) is 0.524. The van der Waals surface area contributed by atoms with Crippen LogP contribution in [0.2, 0.25) is 0 Å². The third-order valence-electron chi connectivity index (χ3n) is 4.13. The zero-order chi connectivity index (χ0) is 19.5. The summed E-state index contributed by atoms with van der Waals surface area (Å²) in [5, 5.41) is 6.70. The molecule has 2 N–H and O–H groups in total. The summed E-state index contributed by atoms with van der Waals surface area (Å²) >= 11 is 0. The van der Waals surface area contributed by atoms with E-state index in [1.54, 1.807) is 7.05 Å². The quantitative estimate of drug-likeness (QED) is 0.298. The van der Waals surface area contributed by atoms with Gasteiger partial charge < -0.3 is 19.9 Å². The van der Waals surface area contributed by atoms with E-state index in [0.717, 1.165) is 24.9 Å². The van der Waals surface area contributed by atoms with Gasteiger partial charge in [0.1, 0.15) is 5.82 Å². The molecule has 0 saturated heterocycles. The Bertz CT molecular complexity index is 687. The molecule has 0 spiro atoms. The second-order valence-corrected chi connectivity index (χ2v) is 7.30. The van der Waals surface area contributed by atoms with Gasteiger partial charge in [-0.25, -0.2) is 4.98 Å². The minimum absolute atomic E-state index is 0. The average molecular weight is 499 g/mol. The second kappa shape index (κ2) is 13.5. The number of benzene rings is 1. The number of rotatable bonds is 10. The van der Waals surface area contributed by atoms with E-state index in [2.05, 4.69) is 58.1 Å². The van der Waals surface area contributed by atoms with Crippen molar-refractivity contribution in [2.24, 2.45) is 16.8 Å². The molecule has 1 heterocycles. The molecule has 7 heteroatoms. The smallest absolute Gasteiger partial charge is 0.191 e. The van der Waals surface area contributed by atoms with Crippen molar-refractivity contribution in [3.8, 4) is 0 Å². The number of ether oxygens (including phenoxy) is 1. The van der Waals surface area contributed by atoms with Crippen molar-refractivity contribution in [1.82, 2.24) is 20.2 Å². The lowest BCUT2D eigenvalue weighted by Crippen LogP contribution is -2.40. The molecule has 0 aliphatic rings. The summed E-state index contributed by atoms with van der Waals surface area (Å²) in [6.45, 7) is 10.4. The number of hydrogen-bond acceptors (Lipinski definition) is 3. The monoisotopic (exact) mass is 499 g/mol. The second-order valence-electron chi connectivity index (χ2n) is 7.30. The third kappa shape index (κ3) is 9.05. The standard InChI is InChI=1S/C21H33N5O.HI/c1-17(2)14-26-11-10-23-20(26)13-25-21(22-4)24-12-18(3)15-27-16-19-8-6-5-7-9-19;/h5-11,17-18H,12-16H2,1-4H3,(H2,22,24,25);1H. The van der Waals surface area contributed by atoms with Crippen LogP contribution in [0, 0.1) is 11.8 Å². The maximum absolute atomic E-state index is 5.81. The molecule has 0 bridgehead atoms. The van der Waals surface area contributed by atoms with Crippen LogP contribution in [-0.2, 0) is 24.4 Å². The molecule has 6 nitrogen and oxygen atoms in total. The number of aromatic nitrogens is 2. The normalized spacial score (nSPS) is 12.5. The van der Waals surface area contributed by atoms with Crippen LogP contribution in [0.5, 0.6) is 0 Å². The van der Waals surface area contributed by atoms with Gasteiger partial charge >= 0.3 is 0 Å². The molecule has 1 atom stereocenters. The Kier molecular flexibility index (Phi) is 11.8. The summed E-state index contributed by atoms with van der Waals surface area (Å²) in [5.41, 5.74) is 1.20. The molecule has 2 aromatic rings. The Balaban J connectivity index is 0.00000392. The molecule has 0 aliphatic heterocycles. The Hall–Kier alpha value is -1.61. The van der Waals surface area contributed by atoms with Gasteiger partial charge in [-0.15, -0.1) is 24.0 Å². The lowest BCUT2D eigenvalue weighted by Gasteiger charge is -2.17. The molecule has 0 aliphatic carbocycles. The van der Waals surface area contributed by atoms with Crippen LogP contribution in [0.4, 0.5) is 0 Å². The van der Waals surface area contributed by atoms with Crippen molar-refractivity contribution >= 4 is 29.9 Å². The third-order valence-corrected chi connectivity index (χ3v) is 4.13. The number of guanidine groups is 1. The van der Waals surface area contributed by atoms with Crippen molar-refractivity contribution < 1.29 is 4.74 Å². The maximum atomic E-state index is 5.81. The first kappa shape index (κ1) is 24.4. The van der Waals surface area contributed by atoms with Gasteiger partial charge in [0.2, 0.25) is 0 Å². The molecular weight excluding hydrogens is 465 g/mol. The van der Waals surface area contributed by atoms with E-state index in [4.69, 9.17) is 4.74 Å². The van der Waals surface area contributed by atoms with Crippen molar-refractivity contribution in [2.75, 3.05) is 20.2 Å². The topological polar surface area (TPSA) is 63.5 Å². The molecule has 1 aromatic carbocycles. The molecule has 28 heavy (non-hydrogen) atoms. The van der Waals surface area contributed by atoms with Crippen molar-refractivity contribution in [3.63, 3.8) is 0 Å². The van der Waals surface area contributed by atoms with Crippen LogP contribution in [0.15, 0.2) is 47.7 Å². The average Bonchev–Trinajstić information content (AvgIpc) is 3.09. The van der Waals surface area contributed by atoms with Gasteiger partial charge in [0.15, 0.2) is 5.96 Å². The van der Waals surface area contributed by atoms with Crippen LogP contribution >= 0.6 is 24.0 Å². The lowest BCUT2D eigenvalue weighted by atomic mass is 10.2. The van der Waals surface area contributed by atoms with E-state index in [-0.39, 0.29) is 24.0 Å². The van der Waals surface area contributed by atoms with E-state index < -0.39 is 0 Å². The first-order valence-corrected chi connectivity index (χ1v) is 9.64. The summed E-state index contributed by atoms with van der Waals surface area (Å²) in [6.07, 6.45) is 3.88. The number of aliphatic imine (C=N–C) groups is 1. The van der Waals surface area contributed by atoms with E-state index in [1.165, 1.54) is 5.56 Å². The summed E-state index contributed by atoms with van der Waals surface area (Å²) in [6, 6.07) is 10.2. The van der Waals surface area contributed by atoms with Crippen molar-refractivity contribution in [1.29, 1.82) is 0 Å². The summed E-state index contributed by atoms with van der Waals surface area (Å²) < 4.78 is 7.99. The van der Waals surface area contributed by atoms with Crippen LogP contribution < -0.4 is 10.6 Å². The van der Waals surface area contributed by atoms with E-state index >= 15 is 0 Å².